The number of hydrogen-bond acceptors (Lipinski definition) is 6. The first-order valence-electron chi connectivity index (χ1n) is 13.9. The highest BCUT2D eigenvalue weighted by atomic mass is 16.5. The van der Waals surface area contributed by atoms with Crippen molar-refractivity contribution >= 4 is 23.4 Å². The summed E-state index contributed by atoms with van der Waals surface area (Å²) in [6.07, 6.45) is 2.33. The van der Waals surface area contributed by atoms with Gasteiger partial charge in [0.15, 0.2) is 0 Å². The van der Waals surface area contributed by atoms with Crippen molar-refractivity contribution in [2.75, 3.05) is 25.1 Å². The molecule has 1 spiro atoms. The van der Waals surface area contributed by atoms with Crippen LogP contribution in [-0.2, 0) is 19.1 Å². The smallest absolute Gasteiger partial charge is 0.245 e. The van der Waals surface area contributed by atoms with Crippen molar-refractivity contribution in [1.82, 2.24) is 10.2 Å². The number of unbranched alkanes of at least 4 members (excludes halogenated alkanes) is 1. The third-order valence-electron chi connectivity index (χ3n) is 8.24. The molecule has 0 saturated carbocycles. The molecular weight excluding hydrogens is 498 g/mol. The number of hydrogen-bond donors (Lipinski definition) is 3. The van der Waals surface area contributed by atoms with Crippen LogP contribution in [0.3, 0.4) is 0 Å². The highest BCUT2D eigenvalue weighted by Gasteiger charge is 2.75. The van der Waals surface area contributed by atoms with Crippen LogP contribution < -0.4 is 15.4 Å². The van der Waals surface area contributed by atoms with Gasteiger partial charge in [0.1, 0.15) is 17.4 Å². The summed E-state index contributed by atoms with van der Waals surface area (Å²) < 4.78 is 12.0. The molecular formula is C30H37N3O6. The second kappa shape index (κ2) is 11.4. The number of amides is 3. The number of aliphatic hydroxyl groups excluding tert-OH is 1. The molecule has 2 bridgehead atoms. The van der Waals surface area contributed by atoms with E-state index >= 15 is 0 Å². The van der Waals surface area contributed by atoms with Gasteiger partial charge in [-0.15, -0.1) is 0 Å². The number of nitrogens with one attached hydrogen (secondary N) is 2. The number of likely N-dealkylation sites (tertiary alicyclic amines) is 1. The number of fused-ring (bicyclic) bond motifs is 1. The highest BCUT2D eigenvalue weighted by Crippen LogP contribution is 2.59. The fourth-order valence-corrected chi connectivity index (χ4v) is 6.57. The van der Waals surface area contributed by atoms with Crippen LogP contribution in [0.15, 0.2) is 54.6 Å². The van der Waals surface area contributed by atoms with Crippen LogP contribution in [0.5, 0.6) is 5.75 Å². The fourth-order valence-electron chi connectivity index (χ4n) is 6.57. The molecule has 0 aromatic heterocycles. The third-order valence-corrected chi connectivity index (χ3v) is 8.24. The van der Waals surface area contributed by atoms with E-state index in [1.165, 1.54) is 4.90 Å². The Hall–Kier alpha value is -3.43. The average molecular weight is 536 g/mol. The number of anilines is 1. The molecule has 9 nitrogen and oxygen atoms in total. The minimum atomic E-state index is -1.12. The van der Waals surface area contributed by atoms with Gasteiger partial charge in [-0.2, -0.15) is 0 Å². The molecule has 3 amide bonds. The average Bonchev–Trinajstić information content (AvgIpc) is 3.59. The lowest BCUT2D eigenvalue weighted by Crippen LogP contribution is -2.56. The van der Waals surface area contributed by atoms with E-state index in [2.05, 4.69) is 10.6 Å². The zero-order valence-corrected chi connectivity index (χ0v) is 22.5. The Labute approximate surface area is 228 Å². The van der Waals surface area contributed by atoms with E-state index in [1.54, 1.807) is 24.3 Å². The second-order valence-electron chi connectivity index (χ2n) is 10.5. The molecule has 2 aromatic carbocycles. The Morgan fingerprint density at radius 2 is 1.87 bits per heavy atom. The zero-order valence-electron chi connectivity index (χ0n) is 22.5. The number of aliphatic hydroxyl groups is 1. The summed E-state index contributed by atoms with van der Waals surface area (Å²) in [6.45, 7) is 4.61. The van der Waals surface area contributed by atoms with Crippen LogP contribution in [0, 0.1) is 11.8 Å². The van der Waals surface area contributed by atoms with Gasteiger partial charge in [-0.05, 0) is 56.0 Å². The minimum Gasteiger partial charge on any atom is -0.494 e. The Morgan fingerprint density at radius 3 is 2.54 bits per heavy atom. The summed E-state index contributed by atoms with van der Waals surface area (Å²) in [7, 11) is 0. The van der Waals surface area contributed by atoms with Crippen molar-refractivity contribution in [3.05, 3.63) is 60.2 Å². The van der Waals surface area contributed by atoms with Crippen LogP contribution in [0.1, 0.15) is 51.1 Å². The Morgan fingerprint density at radius 1 is 1.13 bits per heavy atom. The maximum absolute atomic E-state index is 14.2. The summed E-state index contributed by atoms with van der Waals surface area (Å²) in [4.78, 5) is 43.1. The van der Waals surface area contributed by atoms with Crippen molar-refractivity contribution in [2.45, 2.75) is 63.3 Å². The predicted octanol–water partition coefficient (Wildman–Crippen LogP) is 3.05. The minimum absolute atomic E-state index is 0.304. The first-order valence-corrected chi connectivity index (χ1v) is 13.9. The van der Waals surface area contributed by atoms with Crippen molar-refractivity contribution in [3.8, 4) is 5.75 Å². The van der Waals surface area contributed by atoms with E-state index in [9.17, 15) is 19.5 Å². The van der Waals surface area contributed by atoms with E-state index in [0.717, 1.165) is 18.4 Å². The van der Waals surface area contributed by atoms with E-state index in [4.69, 9.17) is 9.47 Å². The van der Waals surface area contributed by atoms with Gasteiger partial charge in [0.2, 0.25) is 17.7 Å². The lowest BCUT2D eigenvalue weighted by Gasteiger charge is -2.36. The maximum atomic E-state index is 14.2. The van der Waals surface area contributed by atoms with Gasteiger partial charge in [-0.3, -0.25) is 14.4 Å². The largest absolute Gasteiger partial charge is 0.494 e. The van der Waals surface area contributed by atoms with Gasteiger partial charge >= 0.3 is 0 Å². The number of benzene rings is 2. The first kappa shape index (κ1) is 27.1. The standard InChI is InChI=1S/C30H37N3O6/c1-3-5-17-31-28(36)26-30-16-15-23(39-30)24(27(35)32-20-11-13-21(14-12-20)38-4-2)25(30)29(37)33(26)22(18-34)19-9-7-6-8-10-19/h6-14,22-26,34H,3-5,15-18H2,1-2H3,(H,31,36)(H,32,35)/t22-,23-,24+,25+,26?,30?/m1/s1. The van der Waals surface area contributed by atoms with Gasteiger partial charge in [0.05, 0.1) is 37.2 Å². The summed E-state index contributed by atoms with van der Waals surface area (Å²) >= 11 is 0. The molecule has 9 heteroatoms. The van der Waals surface area contributed by atoms with Crippen molar-refractivity contribution in [1.29, 1.82) is 0 Å². The molecule has 3 fully saturated rings. The topological polar surface area (TPSA) is 117 Å². The molecule has 2 unspecified atom stereocenters. The highest BCUT2D eigenvalue weighted by molar-refractivity contribution is 6.02. The van der Waals surface area contributed by atoms with Gasteiger partial charge in [0, 0.05) is 12.2 Å². The van der Waals surface area contributed by atoms with Gasteiger partial charge < -0.3 is 30.1 Å². The fraction of sp³-hybridized carbons (Fsp3) is 0.500. The lowest BCUT2D eigenvalue weighted by atomic mass is 9.70. The van der Waals surface area contributed by atoms with E-state index in [0.29, 0.717) is 37.4 Å². The zero-order chi connectivity index (χ0) is 27.6. The SMILES string of the molecule is CCCCNC(=O)C1N([C@H](CO)c2ccccc2)C(=O)[C@@H]2[C@@H](C(=O)Nc3ccc(OCC)cc3)[C@H]3CCC12O3. The molecule has 208 valence electrons. The van der Waals surface area contributed by atoms with E-state index in [-0.39, 0.29) is 24.3 Å². The van der Waals surface area contributed by atoms with Crippen LogP contribution in [-0.4, -0.2) is 65.2 Å². The number of carbonyl (C=O) groups is 3. The molecule has 3 N–H and O–H groups in total. The molecule has 0 radical (unpaired) electrons. The Bertz CT molecular complexity index is 1190. The van der Waals surface area contributed by atoms with E-state index < -0.39 is 35.6 Å². The molecule has 3 aliphatic rings. The van der Waals surface area contributed by atoms with Crippen molar-refractivity contribution in [3.63, 3.8) is 0 Å². The van der Waals surface area contributed by atoms with Crippen LogP contribution in [0.4, 0.5) is 5.69 Å². The van der Waals surface area contributed by atoms with Crippen LogP contribution in [0.25, 0.3) is 0 Å². The molecule has 2 aromatic rings. The number of rotatable bonds is 11. The molecule has 6 atom stereocenters. The molecule has 5 rings (SSSR count). The summed E-state index contributed by atoms with van der Waals surface area (Å²) in [5.41, 5.74) is 0.191. The first-order chi connectivity index (χ1) is 18.9. The molecule has 0 aliphatic carbocycles. The molecule has 39 heavy (non-hydrogen) atoms. The van der Waals surface area contributed by atoms with E-state index in [1.807, 2.05) is 44.2 Å². The van der Waals surface area contributed by atoms with Gasteiger partial charge in [0.25, 0.3) is 0 Å². The number of carbonyl (C=O) groups excluding carboxylic acids is 3. The molecule has 3 aliphatic heterocycles. The number of ether oxygens (including phenoxy) is 2. The normalized spacial score (nSPS) is 27.8. The maximum Gasteiger partial charge on any atom is 0.245 e. The Balaban J connectivity index is 1.47. The van der Waals surface area contributed by atoms with Gasteiger partial charge in [-0.25, -0.2) is 0 Å². The summed E-state index contributed by atoms with van der Waals surface area (Å²) in [6, 6.07) is 14.6. The quantitative estimate of drug-likeness (QED) is 0.381. The van der Waals surface area contributed by atoms with Crippen LogP contribution in [0.2, 0.25) is 0 Å². The van der Waals surface area contributed by atoms with Crippen molar-refractivity contribution < 1.29 is 29.0 Å². The van der Waals surface area contributed by atoms with Crippen molar-refractivity contribution in [2.24, 2.45) is 11.8 Å². The lowest BCUT2D eigenvalue weighted by molar-refractivity contribution is -0.145. The van der Waals surface area contributed by atoms with Crippen LogP contribution >= 0.6 is 0 Å². The second-order valence-corrected chi connectivity index (χ2v) is 10.5. The third kappa shape index (κ3) is 4.78. The summed E-state index contributed by atoms with van der Waals surface area (Å²) in [5.74, 6) is -1.81. The predicted molar refractivity (Wildman–Crippen MR) is 145 cm³/mol. The molecule has 3 saturated heterocycles. The molecule has 3 heterocycles. The summed E-state index contributed by atoms with van der Waals surface area (Å²) in [5, 5.41) is 16.4. The van der Waals surface area contributed by atoms with Gasteiger partial charge in [-0.1, -0.05) is 43.7 Å². The monoisotopic (exact) mass is 535 g/mol. The Kier molecular flexibility index (Phi) is 7.91. The number of nitrogens with zero attached hydrogens (tertiary/aromatic N) is 1.